The van der Waals surface area contributed by atoms with Gasteiger partial charge in [0.25, 0.3) is 0 Å². The van der Waals surface area contributed by atoms with Crippen molar-refractivity contribution in [2.45, 2.75) is 17.6 Å². The van der Waals surface area contributed by atoms with Gasteiger partial charge in [0, 0.05) is 16.3 Å². The van der Waals surface area contributed by atoms with Gasteiger partial charge >= 0.3 is 5.97 Å². The van der Waals surface area contributed by atoms with Gasteiger partial charge in [-0.25, -0.2) is 4.79 Å². The molecule has 4 heteroatoms. The molecule has 0 heterocycles. The van der Waals surface area contributed by atoms with Gasteiger partial charge in [-0.2, -0.15) is 0 Å². The molecule has 3 nitrogen and oxygen atoms in total. The fraction of sp³-hybridized carbons (Fsp3) is 0.133. The van der Waals surface area contributed by atoms with Crippen LogP contribution in [0.3, 0.4) is 0 Å². The summed E-state index contributed by atoms with van der Waals surface area (Å²) in [5.74, 6) is -0.0862. The Labute approximate surface area is 116 Å². The molecule has 0 fully saturated rings. The second-order valence-corrected chi connectivity index (χ2v) is 5.36. The highest BCUT2D eigenvalue weighted by Crippen LogP contribution is 2.25. The van der Waals surface area contributed by atoms with Crippen LogP contribution in [-0.2, 0) is 5.75 Å². The minimum atomic E-state index is -0.895. The van der Waals surface area contributed by atoms with Crippen molar-refractivity contribution in [2.75, 3.05) is 5.73 Å². The zero-order valence-corrected chi connectivity index (χ0v) is 11.4. The van der Waals surface area contributed by atoms with Crippen molar-refractivity contribution in [1.82, 2.24) is 0 Å². The Kier molecular flexibility index (Phi) is 4.12. The Morgan fingerprint density at radius 2 is 1.89 bits per heavy atom. The Morgan fingerprint density at radius 1 is 1.21 bits per heavy atom. The average Bonchev–Trinajstić information content (AvgIpc) is 2.40. The van der Waals surface area contributed by atoms with E-state index >= 15 is 0 Å². The SMILES string of the molecule is Cc1cc(SCc2ccc(C(=O)O)cc2)ccc1N. The molecule has 0 aliphatic heterocycles. The number of nitrogen functional groups attached to an aromatic ring is 1. The van der Waals surface area contributed by atoms with Gasteiger partial charge in [0.05, 0.1) is 5.56 Å². The lowest BCUT2D eigenvalue weighted by Gasteiger charge is -2.05. The van der Waals surface area contributed by atoms with Crippen molar-refractivity contribution in [3.05, 3.63) is 59.2 Å². The molecule has 2 rings (SSSR count). The van der Waals surface area contributed by atoms with Gasteiger partial charge in [0.1, 0.15) is 0 Å². The summed E-state index contributed by atoms with van der Waals surface area (Å²) in [6.45, 7) is 1.99. The molecule has 0 unspecified atom stereocenters. The third-order valence-electron chi connectivity index (χ3n) is 2.85. The van der Waals surface area contributed by atoms with Crippen LogP contribution in [0.1, 0.15) is 21.5 Å². The third-order valence-corrected chi connectivity index (χ3v) is 3.91. The van der Waals surface area contributed by atoms with Gasteiger partial charge in [-0.3, -0.25) is 0 Å². The van der Waals surface area contributed by atoms with E-state index in [-0.39, 0.29) is 0 Å². The Morgan fingerprint density at radius 3 is 2.47 bits per heavy atom. The fourth-order valence-electron chi connectivity index (χ4n) is 1.65. The highest BCUT2D eigenvalue weighted by Gasteiger charge is 2.03. The van der Waals surface area contributed by atoms with E-state index in [0.29, 0.717) is 5.56 Å². The van der Waals surface area contributed by atoms with Crippen molar-refractivity contribution in [3.63, 3.8) is 0 Å². The molecule has 0 amide bonds. The van der Waals surface area contributed by atoms with Gasteiger partial charge in [0.15, 0.2) is 0 Å². The van der Waals surface area contributed by atoms with Crippen LogP contribution in [0.4, 0.5) is 5.69 Å². The molecule has 98 valence electrons. The number of carboxylic acids is 1. The molecule has 0 aromatic heterocycles. The summed E-state index contributed by atoms with van der Waals surface area (Å²) < 4.78 is 0. The van der Waals surface area contributed by atoms with E-state index in [0.717, 1.165) is 27.5 Å². The zero-order valence-electron chi connectivity index (χ0n) is 10.6. The number of aromatic carboxylic acids is 1. The average molecular weight is 273 g/mol. The molecule has 2 aromatic carbocycles. The Balaban J connectivity index is 2.01. The van der Waals surface area contributed by atoms with Crippen molar-refractivity contribution < 1.29 is 9.90 Å². The Hall–Kier alpha value is -1.94. The first-order chi connectivity index (χ1) is 9.06. The van der Waals surface area contributed by atoms with Crippen molar-refractivity contribution >= 4 is 23.4 Å². The van der Waals surface area contributed by atoms with Crippen molar-refractivity contribution in [2.24, 2.45) is 0 Å². The molecule has 3 N–H and O–H groups in total. The van der Waals surface area contributed by atoms with Gasteiger partial charge < -0.3 is 10.8 Å². The second kappa shape index (κ2) is 5.80. The Bertz CT molecular complexity index is 594. The maximum atomic E-state index is 10.7. The molecule has 0 aliphatic rings. The minimum Gasteiger partial charge on any atom is -0.478 e. The summed E-state index contributed by atoms with van der Waals surface area (Å²) in [7, 11) is 0. The van der Waals surface area contributed by atoms with Crippen molar-refractivity contribution in [3.8, 4) is 0 Å². The van der Waals surface area contributed by atoms with E-state index in [1.54, 1.807) is 23.9 Å². The highest BCUT2D eigenvalue weighted by atomic mass is 32.2. The fourth-order valence-corrected chi connectivity index (χ4v) is 2.60. The number of thioether (sulfide) groups is 1. The summed E-state index contributed by atoms with van der Waals surface area (Å²) in [6.07, 6.45) is 0. The molecular formula is C15H15NO2S. The van der Waals surface area contributed by atoms with Crippen LogP contribution in [0.15, 0.2) is 47.4 Å². The number of anilines is 1. The first-order valence-electron chi connectivity index (χ1n) is 5.87. The summed E-state index contributed by atoms with van der Waals surface area (Å²) in [5, 5.41) is 8.82. The maximum Gasteiger partial charge on any atom is 0.335 e. The molecule has 0 radical (unpaired) electrons. The summed E-state index contributed by atoms with van der Waals surface area (Å²) in [5.41, 5.74) is 9.07. The third kappa shape index (κ3) is 3.51. The number of aryl methyl sites for hydroxylation is 1. The number of carbonyl (C=O) groups is 1. The molecule has 0 spiro atoms. The molecule has 0 saturated carbocycles. The predicted octanol–water partition coefficient (Wildman–Crippen LogP) is 3.57. The number of nitrogens with two attached hydrogens (primary N) is 1. The van der Waals surface area contributed by atoms with E-state index in [9.17, 15) is 4.79 Å². The standard InChI is InChI=1S/C15H15NO2S/c1-10-8-13(6-7-14(10)16)19-9-11-2-4-12(5-3-11)15(17)18/h2-8H,9,16H2,1H3,(H,17,18). The maximum absolute atomic E-state index is 10.7. The molecule has 0 aliphatic carbocycles. The van der Waals surface area contributed by atoms with E-state index in [2.05, 4.69) is 6.07 Å². The molecule has 0 bridgehead atoms. The normalized spacial score (nSPS) is 10.4. The van der Waals surface area contributed by atoms with Crippen LogP contribution in [0.25, 0.3) is 0 Å². The predicted molar refractivity (Wildman–Crippen MR) is 78.6 cm³/mol. The smallest absolute Gasteiger partial charge is 0.335 e. The monoisotopic (exact) mass is 273 g/mol. The number of carboxylic acid groups (broad SMARTS) is 1. The lowest BCUT2D eigenvalue weighted by molar-refractivity contribution is 0.0697. The van der Waals surface area contributed by atoms with E-state index < -0.39 is 5.97 Å². The van der Waals surface area contributed by atoms with Crippen LogP contribution in [-0.4, -0.2) is 11.1 Å². The number of rotatable bonds is 4. The number of hydrogen-bond acceptors (Lipinski definition) is 3. The summed E-state index contributed by atoms with van der Waals surface area (Å²) in [6, 6.07) is 12.9. The molecular weight excluding hydrogens is 258 g/mol. The van der Waals surface area contributed by atoms with E-state index in [4.69, 9.17) is 10.8 Å². The van der Waals surface area contributed by atoms with Crippen LogP contribution in [0.5, 0.6) is 0 Å². The summed E-state index contributed by atoms with van der Waals surface area (Å²) >= 11 is 1.71. The zero-order chi connectivity index (χ0) is 13.8. The quantitative estimate of drug-likeness (QED) is 0.660. The molecule has 0 atom stereocenters. The highest BCUT2D eigenvalue weighted by molar-refractivity contribution is 7.98. The van der Waals surface area contributed by atoms with Gasteiger partial charge in [-0.15, -0.1) is 11.8 Å². The lowest BCUT2D eigenvalue weighted by Crippen LogP contribution is -1.95. The topological polar surface area (TPSA) is 63.3 Å². The molecule has 2 aromatic rings. The number of benzene rings is 2. The van der Waals surface area contributed by atoms with Crippen molar-refractivity contribution in [1.29, 1.82) is 0 Å². The second-order valence-electron chi connectivity index (χ2n) is 4.31. The van der Waals surface area contributed by atoms with Gasteiger partial charge in [-0.05, 0) is 48.4 Å². The van der Waals surface area contributed by atoms with E-state index in [1.807, 2.05) is 31.2 Å². The lowest BCUT2D eigenvalue weighted by atomic mass is 10.1. The van der Waals surface area contributed by atoms with Crippen LogP contribution in [0.2, 0.25) is 0 Å². The van der Waals surface area contributed by atoms with Gasteiger partial charge in [-0.1, -0.05) is 12.1 Å². The number of hydrogen-bond donors (Lipinski definition) is 2. The first kappa shape index (κ1) is 13.5. The van der Waals surface area contributed by atoms with Crippen LogP contribution < -0.4 is 5.73 Å². The van der Waals surface area contributed by atoms with Gasteiger partial charge in [0.2, 0.25) is 0 Å². The van der Waals surface area contributed by atoms with Crippen LogP contribution >= 0.6 is 11.8 Å². The van der Waals surface area contributed by atoms with Crippen LogP contribution in [0, 0.1) is 6.92 Å². The summed E-state index contributed by atoms with van der Waals surface area (Å²) in [4.78, 5) is 11.9. The molecule has 0 saturated heterocycles. The first-order valence-corrected chi connectivity index (χ1v) is 6.86. The van der Waals surface area contributed by atoms with E-state index in [1.165, 1.54) is 0 Å². The largest absolute Gasteiger partial charge is 0.478 e. The minimum absolute atomic E-state index is 0.317. The molecule has 19 heavy (non-hydrogen) atoms.